The smallest absolute Gasteiger partial charge is 0.231 e. The van der Waals surface area contributed by atoms with Crippen molar-refractivity contribution in [2.45, 2.75) is 13.0 Å². The Balaban J connectivity index is 0.00000272. The van der Waals surface area contributed by atoms with E-state index in [0.29, 0.717) is 13.2 Å². The van der Waals surface area contributed by atoms with Gasteiger partial charge in [0.1, 0.15) is 12.4 Å². The average molecular weight is 541 g/mol. The van der Waals surface area contributed by atoms with Gasteiger partial charge in [0.15, 0.2) is 29.0 Å². The van der Waals surface area contributed by atoms with Gasteiger partial charge in [-0.25, -0.2) is 0 Å². The first-order valence-corrected chi connectivity index (χ1v) is 9.93. The normalized spacial score (nSPS) is 14.4. The molecule has 0 fully saturated rings. The van der Waals surface area contributed by atoms with Crippen LogP contribution in [0.2, 0.25) is 0 Å². The zero-order chi connectivity index (χ0) is 20.9. The van der Waals surface area contributed by atoms with Crippen molar-refractivity contribution in [3.63, 3.8) is 0 Å². The lowest BCUT2D eigenvalue weighted by molar-refractivity contribution is 0.173. The Morgan fingerprint density at radius 2 is 1.81 bits per heavy atom. The van der Waals surface area contributed by atoms with Gasteiger partial charge < -0.3 is 33.9 Å². The molecule has 0 aromatic heterocycles. The number of fused-ring (bicyclic) bond motifs is 2. The summed E-state index contributed by atoms with van der Waals surface area (Å²) in [6.07, 6.45) is 0.921. The van der Waals surface area contributed by atoms with Crippen molar-refractivity contribution in [3.8, 4) is 28.7 Å². The summed E-state index contributed by atoms with van der Waals surface area (Å²) in [6, 6.07) is 9.71. The maximum Gasteiger partial charge on any atom is 0.231 e. The first kappa shape index (κ1) is 23.1. The molecule has 0 spiro atoms. The molecule has 0 unspecified atom stereocenters. The zero-order valence-corrected chi connectivity index (χ0v) is 20.3. The molecule has 1 N–H and O–H groups in total. The first-order chi connectivity index (χ1) is 14.7. The van der Waals surface area contributed by atoms with Crippen LogP contribution in [0.25, 0.3) is 0 Å². The highest BCUT2D eigenvalue weighted by atomic mass is 127. The van der Waals surface area contributed by atoms with E-state index in [1.54, 1.807) is 21.3 Å². The Kier molecular flexibility index (Phi) is 7.94. The number of nitrogens with one attached hydrogen (secondary N) is 1. The van der Waals surface area contributed by atoms with Gasteiger partial charge in [-0.2, -0.15) is 0 Å². The van der Waals surface area contributed by atoms with E-state index in [9.17, 15) is 0 Å². The predicted octanol–water partition coefficient (Wildman–Crippen LogP) is 3.06. The van der Waals surface area contributed by atoms with Crippen LogP contribution in [0, 0.1) is 0 Å². The predicted molar refractivity (Wildman–Crippen MR) is 128 cm³/mol. The van der Waals surface area contributed by atoms with Crippen LogP contribution in [0.3, 0.4) is 0 Å². The quantitative estimate of drug-likeness (QED) is 0.261. The van der Waals surface area contributed by atoms with Crippen LogP contribution in [0.1, 0.15) is 11.1 Å². The zero-order valence-electron chi connectivity index (χ0n) is 18.0. The monoisotopic (exact) mass is 541 g/mol. The van der Waals surface area contributed by atoms with E-state index >= 15 is 0 Å². The minimum absolute atomic E-state index is 0. The summed E-state index contributed by atoms with van der Waals surface area (Å²) in [5, 5.41) is 3.38. The van der Waals surface area contributed by atoms with E-state index in [1.807, 2.05) is 18.2 Å². The summed E-state index contributed by atoms with van der Waals surface area (Å²) < 4.78 is 27.4. The lowest BCUT2D eigenvalue weighted by Crippen LogP contribution is -2.45. The minimum Gasteiger partial charge on any atom is -0.493 e. The molecule has 2 aromatic rings. The highest BCUT2D eigenvalue weighted by Gasteiger charge is 2.21. The number of hydrogen-bond donors (Lipinski definition) is 1. The van der Waals surface area contributed by atoms with Crippen molar-refractivity contribution in [3.05, 3.63) is 41.5 Å². The maximum atomic E-state index is 5.82. The number of nitrogens with zero attached hydrogens (tertiary/aromatic N) is 2. The van der Waals surface area contributed by atoms with Crippen LogP contribution in [-0.4, -0.2) is 58.6 Å². The van der Waals surface area contributed by atoms with Gasteiger partial charge in [-0.3, -0.25) is 4.99 Å². The first-order valence-electron chi connectivity index (χ1n) is 9.93. The van der Waals surface area contributed by atoms with E-state index in [2.05, 4.69) is 27.3 Å². The molecule has 0 amide bonds. The molecule has 2 heterocycles. The van der Waals surface area contributed by atoms with E-state index in [4.69, 9.17) is 23.7 Å². The number of hydrogen-bond acceptors (Lipinski definition) is 6. The molecular formula is C22H28IN3O5. The second-order valence-corrected chi connectivity index (χ2v) is 6.98. The number of aliphatic imine (C=N–C) groups is 1. The fraction of sp³-hybridized carbons (Fsp3) is 0.409. The molecule has 0 aliphatic carbocycles. The molecule has 4 rings (SSSR count). The van der Waals surface area contributed by atoms with Crippen molar-refractivity contribution in [1.29, 1.82) is 0 Å². The van der Waals surface area contributed by atoms with E-state index in [1.165, 1.54) is 11.1 Å². The topological polar surface area (TPSA) is 73.8 Å². The fourth-order valence-electron chi connectivity index (χ4n) is 3.69. The molecule has 2 aliphatic heterocycles. The number of ether oxygens (including phenoxy) is 5. The van der Waals surface area contributed by atoms with Gasteiger partial charge >= 0.3 is 0 Å². The van der Waals surface area contributed by atoms with Gasteiger partial charge in [0.2, 0.25) is 6.79 Å². The molecule has 0 saturated carbocycles. The maximum absolute atomic E-state index is 5.82. The van der Waals surface area contributed by atoms with Crippen molar-refractivity contribution in [2.24, 2.45) is 4.99 Å². The minimum atomic E-state index is 0. The molecule has 0 radical (unpaired) electrons. The van der Waals surface area contributed by atoms with Gasteiger partial charge in [0, 0.05) is 26.2 Å². The Hall–Kier alpha value is -2.56. The molecule has 0 saturated heterocycles. The summed E-state index contributed by atoms with van der Waals surface area (Å²) in [7, 11) is 5.12. The standard InChI is InChI=1S/C22H27N3O5.HI/c1-23-22(24-7-9-28-17-4-5-18-21(12-17)30-14-29-18)25-8-6-15-10-19(26-2)20(27-3)11-16(15)13-25;/h4-5,10-12H,6-9,13-14H2,1-3H3,(H,23,24);1H. The van der Waals surface area contributed by atoms with Gasteiger partial charge in [-0.1, -0.05) is 0 Å². The van der Waals surface area contributed by atoms with Gasteiger partial charge in [-0.15, -0.1) is 24.0 Å². The van der Waals surface area contributed by atoms with Crippen LogP contribution in [-0.2, 0) is 13.0 Å². The summed E-state index contributed by atoms with van der Waals surface area (Å²) in [6.45, 7) is 3.04. The van der Waals surface area contributed by atoms with E-state index in [0.717, 1.165) is 54.2 Å². The number of benzene rings is 2. The molecular weight excluding hydrogens is 513 g/mol. The summed E-state index contributed by atoms with van der Waals surface area (Å²) >= 11 is 0. The number of rotatable bonds is 6. The van der Waals surface area contributed by atoms with Crippen LogP contribution in [0.5, 0.6) is 28.7 Å². The fourth-order valence-corrected chi connectivity index (χ4v) is 3.69. The number of methoxy groups -OCH3 is 2. The largest absolute Gasteiger partial charge is 0.493 e. The van der Waals surface area contributed by atoms with Crippen LogP contribution in [0.15, 0.2) is 35.3 Å². The number of guanidine groups is 1. The van der Waals surface area contributed by atoms with Crippen molar-refractivity contribution in [1.82, 2.24) is 10.2 Å². The molecule has 31 heavy (non-hydrogen) atoms. The lowest BCUT2D eigenvalue weighted by Gasteiger charge is -2.32. The van der Waals surface area contributed by atoms with E-state index in [-0.39, 0.29) is 30.8 Å². The van der Waals surface area contributed by atoms with Gasteiger partial charge in [0.05, 0.1) is 20.8 Å². The Labute approximate surface area is 199 Å². The van der Waals surface area contributed by atoms with Crippen LogP contribution < -0.4 is 29.0 Å². The summed E-state index contributed by atoms with van der Waals surface area (Å²) in [4.78, 5) is 6.67. The second kappa shape index (κ2) is 10.7. The third-order valence-corrected chi connectivity index (χ3v) is 5.23. The molecule has 2 aliphatic rings. The second-order valence-electron chi connectivity index (χ2n) is 6.98. The molecule has 9 heteroatoms. The van der Waals surface area contributed by atoms with Crippen molar-refractivity contribution < 1.29 is 23.7 Å². The van der Waals surface area contributed by atoms with Crippen LogP contribution >= 0.6 is 24.0 Å². The highest BCUT2D eigenvalue weighted by molar-refractivity contribution is 14.0. The SMILES string of the molecule is CN=C(NCCOc1ccc2c(c1)OCO2)N1CCc2cc(OC)c(OC)cc2C1.I. The van der Waals surface area contributed by atoms with Crippen molar-refractivity contribution in [2.75, 3.05) is 47.8 Å². The summed E-state index contributed by atoms with van der Waals surface area (Å²) in [5.74, 6) is 4.59. The molecule has 168 valence electrons. The third kappa shape index (κ3) is 5.20. The van der Waals surface area contributed by atoms with Gasteiger partial charge in [0.25, 0.3) is 0 Å². The molecule has 2 aromatic carbocycles. The van der Waals surface area contributed by atoms with E-state index < -0.39 is 0 Å². The average Bonchev–Trinajstić information content (AvgIpc) is 3.25. The number of halogens is 1. The van der Waals surface area contributed by atoms with Crippen molar-refractivity contribution >= 4 is 29.9 Å². The molecule has 0 bridgehead atoms. The third-order valence-electron chi connectivity index (χ3n) is 5.23. The molecule has 8 nitrogen and oxygen atoms in total. The Bertz CT molecular complexity index is 938. The Morgan fingerprint density at radius 3 is 2.55 bits per heavy atom. The summed E-state index contributed by atoms with van der Waals surface area (Å²) in [5.41, 5.74) is 2.50. The Morgan fingerprint density at radius 1 is 1.06 bits per heavy atom. The molecule has 0 atom stereocenters. The lowest BCUT2D eigenvalue weighted by atomic mass is 9.99. The highest BCUT2D eigenvalue weighted by Crippen LogP contribution is 2.35. The van der Waals surface area contributed by atoms with Crippen LogP contribution in [0.4, 0.5) is 0 Å². The van der Waals surface area contributed by atoms with Gasteiger partial charge in [-0.05, 0) is 41.8 Å².